The fourth-order valence-corrected chi connectivity index (χ4v) is 3.38. The van der Waals surface area contributed by atoms with Crippen molar-refractivity contribution >= 4 is 17.2 Å². The molecular weight excluding hydrogens is 230 g/mol. The van der Waals surface area contributed by atoms with E-state index in [0.29, 0.717) is 12.0 Å². The molecule has 1 N–H and O–H groups in total. The zero-order chi connectivity index (χ0) is 12.4. The molecule has 1 aromatic heterocycles. The molecule has 0 saturated heterocycles. The van der Waals surface area contributed by atoms with Crippen LogP contribution < -0.4 is 5.32 Å². The van der Waals surface area contributed by atoms with Crippen molar-refractivity contribution in [3.63, 3.8) is 0 Å². The molecular formula is C14H21NOS. The van der Waals surface area contributed by atoms with E-state index in [4.69, 9.17) is 0 Å². The first kappa shape index (κ1) is 12.6. The molecule has 0 aliphatic heterocycles. The van der Waals surface area contributed by atoms with Gasteiger partial charge in [-0.05, 0) is 38.2 Å². The summed E-state index contributed by atoms with van der Waals surface area (Å²) in [5.41, 5.74) is 2.00. The Morgan fingerprint density at radius 3 is 2.65 bits per heavy atom. The minimum absolute atomic E-state index is 0.116. The summed E-state index contributed by atoms with van der Waals surface area (Å²) in [6.07, 6.45) is 4.93. The van der Waals surface area contributed by atoms with Gasteiger partial charge in [-0.25, -0.2) is 0 Å². The second-order valence-electron chi connectivity index (χ2n) is 5.17. The number of carbonyl (C=O) groups excluding carboxylic acids is 1. The van der Waals surface area contributed by atoms with Gasteiger partial charge in [-0.1, -0.05) is 19.8 Å². The van der Waals surface area contributed by atoms with Crippen molar-refractivity contribution in [1.82, 2.24) is 5.32 Å². The van der Waals surface area contributed by atoms with Gasteiger partial charge < -0.3 is 5.32 Å². The van der Waals surface area contributed by atoms with Gasteiger partial charge in [-0.3, -0.25) is 4.79 Å². The Kier molecular flexibility index (Phi) is 3.87. The van der Waals surface area contributed by atoms with Crippen molar-refractivity contribution in [2.45, 2.75) is 52.5 Å². The van der Waals surface area contributed by atoms with Crippen LogP contribution >= 0.6 is 11.3 Å². The molecule has 1 heterocycles. The number of aryl methyl sites for hydroxylation is 1. The van der Waals surface area contributed by atoms with Gasteiger partial charge in [0.2, 0.25) is 0 Å². The van der Waals surface area contributed by atoms with E-state index >= 15 is 0 Å². The smallest absolute Gasteiger partial charge is 0.252 e. The average Bonchev–Trinajstić information content (AvgIpc) is 2.63. The van der Waals surface area contributed by atoms with Crippen LogP contribution in [0.5, 0.6) is 0 Å². The predicted octanol–water partition coefficient (Wildman–Crippen LogP) is 3.67. The van der Waals surface area contributed by atoms with Crippen LogP contribution in [0.3, 0.4) is 0 Å². The van der Waals surface area contributed by atoms with Gasteiger partial charge in [0.05, 0.1) is 5.56 Å². The Bertz CT molecular complexity index is 410. The molecule has 2 atom stereocenters. The minimum Gasteiger partial charge on any atom is -0.349 e. The SMILES string of the molecule is Cc1scc(C(=O)NC2CCCCC2C)c1C. The Morgan fingerprint density at radius 1 is 1.35 bits per heavy atom. The van der Waals surface area contributed by atoms with Gasteiger partial charge in [-0.2, -0.15) is 0 Å². The van der Waals surface area contributed by atoms with Gasteiger partial charge >= 0.3 is 0 Å². The molecule has 0 radical (unpaired) electrons. The number of thiophene rings is 1. The van der Waals surface area contributed by atoms with Gasteiger partial charge in [0.15, 0.2) is 0 Å². The van der Waals surface area contributed by atoms with Gasteiger partial charge in [0, 0.05) is 16.3 Å². The van der Waals surface area contributed by atoms with Crippen LogP contribution in [0.1, 0.15) is 53.4 Å². The predicted molar refractivity (Wildman–Crippen MR) is 72.7 cm³/mol. The lowest BCUT2D eigenvalue weighted by atomic mass is 9.86. The standard InChI is InChI=1S/C14H21NOS/c1-9-6-4-5-7-13(9)15-14(16)12-8-17-11(3)10(12)2/h8-9,13H,4-7H2,1-3H3,(H,15,16). The Labute approximate surface area is 107 Å². The van der Waals surface area contributed by atoms with Crippen molar-refractivity contribution in [2.24, 2.45) is 5.92 Å². The highest BCUT2D eigenvalue weighted by molar-refractivity contribution is 7.10. The summed E-state index contributed by atoms with van der Waals surface area (Å²) in [6, 6.07) is 0.371. The molecule has 1 amide bonds. The molecule has 94 valence electrons. The third-order valence-electron chi connectivity index (χ3n) is 3.96. The topological polar surface area (TPSA) is 29.1 Å². The van der Waals surface area contributed by atoms with Crippen molar-refractivity contribution in [1.29, 1.82) is 0 Å². The quantitative estimate of drug-likeness (QED) is 0.853. The maximum Gasteiger partial charge on any atom is 0.252 e. The van der Waals surface area contributed by atoms with Crippen molar-refractivity contribution in [3.8, 4) is 0 Å². The molecule has 0 aromatic carbocycles. The molecule has 1 aliphatic rings. The van der Waals surface area contributed by atoms with Crippen LogP contribution in [0, 0.1) is 19.8 Å². The molecule has 0 spiro atoms. The molecule has 2 unspecified atom stereocenters. The summed E-state index contributed by atoms with van der Waals surface area (Å²) >= 11 is 1.66. The van der Waals surface area contributed by atoms with E-state index in [1.807, 2.05) is 12.3 Å². The largest absolute Gasteiger partial charge is 0.349 e. The molecule has 1 fully saturated rings. The van der Waals surface area contributed by atoms with Crippen LogP contribution in [0.4, 0.5) is 0 Å². The zero-order valence-electron chi connectivity index (χ0n) is 10.9. The summed E-state index contributed by atoms with van der Waals surface area (Å²) in [4.78, 5) is 13.4. The number of rotatable bonds is 2. The lowest BCUT2D eigenvalue weighted by Gasteiger charge is -2.29. The second kappa shape index (κ2) is 5.21. The van der Waals surface area contributed by atoms with Crippen LogP contribution in [-0.2, 0) is 0 Å². The summed E-state index contributed by atoms with van der Waals surface area (Å²) in [5.74, 6) is 0.735. The Balaban J connectivity index is 2.03. The maximum absolute atomic E-state index is 12.2. The number of hydrogen-bond acceptors (Lipinski definition) is 2. The molecule has 1 aliphatic carbocycles. The van der Waals surface area contributed by atoms with Crippen molar-refractivity contribution in [3.05, 3.63) is 21.4 Å². The van der Waals surface area contributed by atoms with E-state index in [1.165, 1.54) is 24.1 Å². The maximum atomic E-state index is 12.2. The molecule has 17 heavy (non-hydrogen) atoms. The van der Waals surface area contributed by atoms with Crippen molar-refractivity contribution < 1.29 is 4.79 Å². The summed E-state index contributed by atoms with van der Waals surface area (Å²) in [5, 5.41) is 5.19. The average molecular weight is 251 g/mol. The number of nitrogens with one attached hydrogen (secondary N) is 1. The fraction of sp³-hybridized carbons (Fsp3) is 0.643. The first-order chi connectivity index (χ1) is 8.09. The number of hydrogen-bond donors (Lipinski definition) is 1. The number of amides is 1. The van der Waals surface area contributed by atoms with E-state index in [0.717, 1.165) is 17.5 Å². The molecule has 2 rings (SSSR count). The lowest BCUT2D eigenvalue weighted by Crippen LogP contribution is -2.41. The highest BCUT2D eigenvalue weighted by atomic mass is 32.1. The van der Waals surface area contributed by atoms with Gasteiger partial charge in [-0.15, -0.1) is 11.3 Å². The van der Waals surface area contributed by atoms with E-state index in [2.05, 4.69) is 19.2 Å². The van der Waals surface area contributed by atoms with Crippen LogP contribution in [0.2, 0.25) is 0 Å². The summed E-state index contributed by atoms with van der Waals surface area (Å²) in [6.45, 7) is 6.35. The van der Waals surface area contributed by atoms with Crippen LogP contribution in [-0.4, -0.2) is 11.9 Å². The summed E-state index contributed by atoms with van der Waals surface area (Å²) < 4.78 is 0. The van der Waals surface area contributed by atoms with E-state index in [-0.39, 0.29) is 5.91 Å². The molecule has 1 saturated carbocycles. The summed E-state index contributed by atoms with van der Waals surface area (Å²) in [7, 11) is 0. The second-order valence-corrected chi connectivity index (χ2v) is 6.26. The van der Waals surface area contributed by atoms with Crippen LogP contribution in [0.15, 0.2) is 5.38 Å². The first-order valence-corrected chi connectivity index (χ1v) is 7.33. The molecule has 2 nitrogen and oxygen atoms in total. The number of carbonyl (C=O) groups is 1. The third kappa shape index (κ3) is 2.71. The minimum atomic E-state index is 0.116. The highest BCUT2D eigenvalue weighted by Crippen LogP contribution is 2.25. The normalized spacial score (nSPS) is 24.6. The zero-order valence-corrected chi connectivity index (χ0v) is 11.7. The van der Waals surface area contributed by atoms with Gasteiger partial charge in [0.1, 0.15) is 0 Å². The molecule has 3 heteroatoms. The fourth-order valence-electron chi connectivity index (χ4n) is 2.51. The van der Waals surface area contributed by atoms with Crippen LogP contribution in [0.25, 0.3) is 0 Å². The van der Waals surface area contributed by atoms with E-state index in [1.54, 1.807) is 11.3 Å². The Morgan fingerprint density at radius 2 is 2.06 bits per heavy atom. The van der Waals surface area contributed by atoms with E-state index < -0.39 is 0 Å². The molecule has 1 aromatic rings. The lowest BCUT2D eigenvalue weighted by molar-refractivity contribution is 0.0910. The monoisotopic (exact) mass is 251 g/mol. The first-order valence-electron chi connectivity index (χ1n) is 6.45. The van der Waals surface area contributed by atoms with E-state index in [9.17, 15) is 4.79 Å². The van der Waals surface area contributed by atoms with Gasteiger partial charge in [0.25, 0.3) is 5.91 Å². The Hall–Kier alpha value is -0.830. The highest BCUT2D eigenvalue weighted by Gasteiger charge is 2.24. The third-order valence-corrected chi connectivity index (χ3v) is 4.97. The van der Waals surface area contributed by atoms with Crippen molar-refractivity contribution in [2.75, 3.05) is 0 Å². The molecule has 0 bridgehead atoms.